The maximum Gasteiger partial charge on any atom is 0.326 e. The van der Waals surface area contributed by atoms with Crippen molar-refractivity contribution in [3.05, 3.63) is 88.8 Å². The number of nitrogens with one attached hydrogen (secondary N) is 2. The van der Waals surface area contributed by atoms with Gasteiger partial charge in [0.1, 0.15) is 12.3 Å². The lowest BCUT2D eigenvalue weighted by atomic mass is 10.2. The van der Waals surface area contributed by atoms with E-state index in [4.69, 9.17) is 4.74 Å². The number of fused-ring (bicyclic) bond motifs is 1. The van der Waals surface area contributed by atoms with E-state index in [9.17, 15) is 9.59 Å². The summed E-state index contributed by atoms with van der Waals surface area (Å²) in [5, 5.41) is 2.83. The number of aromatic amines is 1. The van der Waals surface area contributed by atoms with Gasteiger partial charge in [0.15, 0.2) is 5.75 Å². The molecule has 28 heavy (non-hydrogen) atoms. The standard InChI is InChI=1S/C22H19N3O3/c1-15-10-12-16(13-11-15)28-20-9-5-3-7-18(20)23-21(26)14-25-19-8-4-2-6-17(19)24-22(25)27/h2-13H,14H2,1H3,(H,23,26)(H,24,27). The maximum absolute atomic E-state index is 12.6. The predicted molar refractivity (Wildman–Crippen MR) is 109 cm³/mol. The number of ether oxygens (including phenoxy) is 1. The number of aryl methyl sites for hydroxylation is 1. The van der Waals surface area contributed by atoms with Gasteiger partial charge in [0.25, 0.3) is 0 Å². The second-order valence-electron chi connectivity index (χ2n) is 6.49. The van der Waals surface area contributed by atoms with E-state index in [0.29, 0.717) is 28.2 Å². The monoisotopic (exact) mass is 373 g/mol. The van der Waals surface area contributed by atoms with Crippen molar-refractivity contribution in [1.82, 2.24) is 9.55 Å². The van der Waals surface area contributed by atoms with Crippen LogP contribution in [0.1, 0.15) is 5.56 Å². The molecule has 2 N–H and O–H groups in total. The Balaban J connectivity index is 1.54. The second kappa shape index (κ2) is 7.44. The van der Waals surface area contributed by atoms with Gasteiger partial charge in [0.2, 0.25) is 5.91 Å². The number of carbonyl (C=O) groups is 1. The normalized spacial score (nSPS) is 10.8. The number of amides is 1. The highest BCUT2D eigenvalue weighted by atomic mass is 16.5. The zero-order chi connectivity index (χ0) is 19.5. The summed E-state index contributed by atoms with van der Waals surface area (Å²) in [4.78, 5) is 27.5. The van der Waals surface area contributed by atoms with Crippen molar-refractivity contribution in [3.8, 4) is 11.5 Å². The van der Waals surface area contributed by atoms with E-state index >= 15 is 0 Å². The Kier molecular flexibility index (Phi) is 4.68. The summed E-state index contributed by atoms with van der Waals surface area (Å²) in [6, 6.07) is 22.1. The Bertz CT molecular complexity index is 1190. The van der Waals surface area contributed by atoms with Gasteiger partial charge in [-0.25, -0.2) is 4.79 Å². The number of aromatic nitrogens is 2. The molecule has 0 aliphatic heterocycles. The van der Waals surface area contributed by atoms with E-state index in [2.05, 4.69) is 10.3 Å². The lowest BCUT2D eigenvalue weighted by Crippen LogP contribution is -2.26. The summed E-state index contributed by atoms with van der Waals surface area (Å²) < 4.78 is 7.32. The summed E-state index contributed by atoms with van der Waals surface area (Å²) in [6.07, 6.45) is 0. The zero-order valence-electron chi connectivity index (χ0n) is 15.3. The molecule has 1 amide bonds. The van der Waals surface area contributed by atoms with Gasteiger partial charge in [-0.05, 0) is 43.3 Å². The minimum atomic E-state index is -0.319. The lowest BCUT2D eigenvalue weighted by molar-refractivity contribution is -0.116. The van der Waals surface area contributed by atoms with Crippen molar-refractivity contribution in [1.29, 1.82) is 0 Å². The molecule has 4 aromatic rings. The van der Waals surface area contributed by atoms with Crippen LogP contribution in [0.4, 0.5) is 5.69 Å². The fraction of sp³-hybridized carbons (Fsp3) is 0.0909. The van der Waals surface area contributed by atoms with Crippen LogP contribution in [-0.4, -0.2) is 15.5 Å². The van der Waals surface area contributed by atoms with Gasteiger partial charge in [-0.15, -0.1) is 0 Å². The van der Waals surface area contributed by atoms with Crippen LogP contribution in [0, 0.1) is 6.92 Å². The molecule has 3 aromatic carbocycles. The van der Waals surface area contributed by atoms with E-state index in [0.717, 1.165) is 5.56 Å². The Morgan fingerprint density at radius 1 is 1.00 bits per heavy atom. The molecule has 0 fully saturated rings. The number of carbonyl (C=O) groups excluding carboxylic acids is 1. The van der Waals surface area contributed by atoms with E-state index < -0.39 is 0 Å². The summed E-state index contributed by atoms with van der Waals surface area (Å²) in [5.74, 6) is 0.901. The van der Waals surface area contributed by atoms with Crippen molar-refractivity contribution in [2.75, 3.05) is 5.32 Å². The molecule has 6 heteroatoms. The van der Waals surface area contributed by atoms with E-state index in [1.807, 2.05) is 55.5 Å². The maximum atomic E-state index is 12.6. The Morgan fingerprint density at radius 3 is 2.54 bits per heavy atom. The van der Waals surface area contributed by atoms with Crippen LogP contribution in [0.15, 0.2) is 77.6 Å². The van der Waals surface area contributed by atoms with Gasteiger partial charge in [0, 0.05) is 0 Å². The minimum absolute atomic E-state index is 0.0955. The van der Waals surface area contributed by atoms with Crippen LogP contribution in [0.25, 0.3) is 11.0 Å². The Morgan fingerprint density at radius 2 is 1.71 bits per heavy atom. The average molecular weight is 373 g/mol. The SMILES string of the molecule is Cc1ccc(Oc2ccccc2NC(=O)Cn2c(=O)[nH]c3ccccc32)cc1. The largest absolute Gasteiger partial charge is 0.455 e. The number of rotatable bonds is 5. The first kappa shape index (κ1) is 17.6. The van der Waals surface area contributed by atoms with E-state index in [1.54, 1.807) is 24.3 Å². The van der Waals surface area contributed by atoms with Gasteiger partial charge in [0.05, 0.1) is 16.7 Å². The highest BCUT2D eigenvalue weighted by Crippen LogP contribution is 2.29. The molecule has 0 spiro atoms. The van der Waals surface area contributed by atoms with Gasteiger partial charge in [-0.2, -0.15) is 0 Å². The second-order valence-corrected chi connectivity index (χ2v) is 6.49. The fourth-order valence-electron chi connectivity index (χ4n) is 2.99. The summed E-state index contributed by atoms with van der Waals surface area (Å²) in [5.41, 5.74) is 2.75. The molecule has 0 saturated carbocycles. The number of imidazole rings is 1. The lowest BCUT2D eigenvalue weighted by Gasteiger charge is -2.12. The van der Waals surface area contributed by atoms with Crippen molar-refractivity contribution in [3.63, 3.8) is 0 Å². The van der Waals surface area contributed by atoms with Crippen molar-refractivity contribution in [2.24, 2.45) is 0 Å². The van der Waals surface area contributed by atoms with Crippen molar-refractivity contribution >= 4 is 22.6 Å². The van der Waals surface area contributed by atoms with Crippen LogP contribution >= 0.6 is 0 Å². The van der Waals surface area contributed by atoms with Gasteiger partial charge >= 0.3 is 5.69 Å². The van der Waals surface area contributed by atoms with Crippen LogP contribution in [-0.2, 0) is 11.3 Å². The third-order valence-electron chi connectivity index (χ3n) is 4.39. The van der Waals surface area contributed by atoms with Crippen LogP contribution in [0.2, 0.25) is 0 Å². The summed E-state index contributed by atoms with van der Waals surface area (Å²) in [6.45, 7) is 1.91. The first-order valence-electron chi connectivity index (χ1n) is 8.91. The van der Waals surface area contributed by atoms with Gasteiger partial charge < -0.3 is 15.0 Å². The number of anilines is 1. The quantitative estimate of drug-likeness (QED) is 0.554. The van der Waals surface area contributed by atoms with Crippen LogP contribution < -0.4 is 15.7 Å². The number of benzene rings is 3. The molecule has 1 heterocycles. The highest BCUT2D eigenvalue weighted by molar-refractivity contribution is 5.93. The van der Waals surface area contributed by atoms with E-state index in [-0.39, 0.29) is 18.1 Å². The molecule has 1 aromatic heterocycles. The number of H-pyrrole nitrogens is 1. The molecule has 6 nitrogen and oxygen atoms in total. The number of para-hydroxylation sites is 4. The number of nitrogens with zero attached hydrogens (tertiary/aromatic N) is 1. The molecular formula is C22H19N3O3. The molecule has 0 atom stereocenters. The molecule has 0 aliphatic rings. The van der Waals surface area contributed by atoms with E-state index in [1.165, 1.54) is 4.57 Å². The van der Waals surface area contributed by atoms with Gasteiger partial charge in [-0.1, -0.05) is 42.0 Å². The Labute approximate surface area is 161 Å². The molecule has 140 valence electrons. The third kappa shape index (κ3) is 3.66. The van der Waals surface area contributed by atoms with Crippen molar-refractivity contribution in [2.45, 2.75) is 13.5 Å². The average Bonchev–Trinajstić information content (AvgIpc) is 3.00. The first-order valence-corrected chi connectivity index (χ1v) is 8.91. The topological polar surface area (TPSA) is 76.1 Å². The smallest absolute Gasteiger partial charge is 0.326 e. The molecule has 0 radical (unpaired) electrons. The first-order chi connectivity index (χ1) is 13.6. The molecule has 0 bridgehead atoms. The predicted octanol–water partition coefficient (Wildman–Crippen LogP) is 4.07. The fourth-order valence-corrected chi connectivity index (χ4v) is 2.99. The number of hydrogen-bond acceptors (Lipinski definition) is 3. The Hall–Kier alpha value is -3.80. The minimum Gasteiger partial charge on any atom is -0.455 e. The summed E-state index contributed by atoms with van der Waals surface area (Å²) in [7, 11) is 0. The zero-order valence-corrected chi connectivity index (χ0v) is 15.3. The van der Waals surface area contributed by atoms with Crippen LogP contribution in [0.5, 0.6) is 11.5 Å². The van der Waals surface area contributed by atoms with Crippen molar-refractivity contribution < 1.29 is 9.53 Å². The number of hydrogen-bond donors (Lipinski definition) is 2. The molecule has 0 unspecified atom stereocenters. The van der Waals surface area contributed by atoms with Gasteiger partial charge in [-0.3, -0.25) is 9.36 Å². The summed E-state index contributed by atoms with van der Waals surface area (Å²) >= 11 is 0. The van der Waals surface area contributed by atoms with Crippen LogP contribution in [0.3, 0.4) is 0 Å². The molecule has 0 aliphatic carbocycles. The molecule has 0 saturated heterocycles. The molecular weight excluding hydrogens is 354 g/mol. The third-order valence-corrected chi connectivity index (χ3v) is 4.39. The molecule has 4 rings (SSSR count). The highest BCUT2D eigenvalue weighted by Gasteiger charge is 2.13.